The number of rotatable bonds is 4. The van der Waals surface area contributed by atoms with Crippen molar-refractivity contribution in [2.45, 2.75) is 44.7 Å². The second kappa shape index (κ2) is 6.62. The van der Waals surface area contributed by atoms with Crippen molar-refractivity contribution < 1.29 is 14.3 Å². The maximum Gasteiger partial charge on any atom is 0.339 e. The molecule has 116 valence electrons. The predicted octanol–water partition coefficient (Wildman–Crippen LogP) is 2.43. The topological polar surface area (TPSA) is 56.9 Å². The van der Waals surface area contributed by atoms with Crippen LogP contribution in [0.3, 0.4) is 0 Å². The first-order chi connectivity index (χ1) is 10.2. The molecule has 3 rings (SSSR count). The van der Waals surface area contributed by atoms with Crippen molar-refractivity contribution in [1.29, 1.82) is 0 Å². The molecule has 0 radical (unpaired) electrons. The molecule has 0 amide bonds. The molecule has 2 aliphatic heterocycles. The first-order valence-corrected chi connectivity index (χ1v) is 8.00. The molecule has 0 unspecified atom stereocenters. The van der Waals surface area contributed by atoms with Crippen LogP contribution in [0.25, 0.3) is 0 Å². The monoisotopic (exact) mass is 292 g/mol. The molecule has 0 saturated carbocycles. The molecule has 5 heteroatoms. The molecule has 1 aromatic rings. The molecular weight excluding hydrogens is 268 g/mol. The maximum absolute atomic E-state index is 11.1. The summed E-state index contributed by atoms with van der Waals surface area (Å²) in [5.41, 5.74) is 0.299. The van der Waals surface area contributed by atoms with Crippen LogP contribution < -0.4 is 0 Å². The van der Waals surface area contributed by atoms with E-state index in [-0.39, 0.29) is 0 Å². The predicted molar refractivity (Wildman–Crippen MR) is 79.4 cm³/mol. The van der Waals surface area contributed by atoms with Gasteiger partial charge < -0.3 is 14.4 Å². The highest BCUT2D eigenvalue weighted by Gasteiger charge is 2.26. The minimum Gasteiger partial charge on any atom is -0.478 e. The van der Waals surface area contributed by atoms with Gasteiger partial charge in [-0.15, -0.1) is 0 Å². The zero-order valence-corrected chi connectivity index (χ0v) is 12.5. The minimum absolute atomic E-state index is 0.299. The van der Waals surface area contributed by atoms with Gasteiger partial charge in [-0.1, -0.05) is 6.42 Å². The van der Waals surface area contributed by atoms with Crippen molar-refractivity contribution in [2.24, 2.45) is 0 Å². The summed E-state index contributed by atoms with van der Waals surface area (Å²) in [6.07, 6.45) is 7.90. The molecule has 0 bridgehead atoms. The highest BCUT2D eigenvalue weighted by Crippen LogP contribution is 2.22. The summed E-state index contributed by atoms with van der Waals surface area (Å²) in [4.78, 5) is 16.1. The average molecular weight is 292 g/mol. The van der Waals surface area contributed by atoms with Gasteiger partial charge in [0.15, 0.2) is 0 Å². The lowest BCUT2D eigenvalue weighted by Crippen LogP contribution is -2.46. The van der Waals surface area contributed by atoms with Gasteiger partial charge in [-0.05, 0) is 44.8 Å². The van der Waals surface area contributed by atoms with E-state index in [4.69, 9.17) is 9.52 Å². The zero-order chi connectivity index (χ0) is 14.7. The number of carboxylic acids is 1. The Kier molecular flexibility index (Phi) is 4.60. The Labute approximate surface area is 125 Å². The molecule has 5 nitrogen and oxygen atoms in total. The number of furan rings is 1. The summed E-state index contributed by atoms with van der Waals surface area (Å²) in [5, 5.41) is 9.11. The Morgan fingerprint density at radius 1 is 1.19 bits per heavy atom. The van der Waals surface area contributed by atoms with E-state index in [1.165, 1.54) is 57.5 Å². The minimum atomic E-state index is -0.901. The smallest absolute Gasteiger partial charge is 0.339 e. The van der Waals surface area contributed by atoms with Crippen molar-refractivity contribution >= 4 is 5.97 Å². The third kappa shape index (κ3) is 3.47. The number of hydrogen-bond donors (Lipinski definition) is 1. The van der Waals surface area contributed by atoms with E-state index in [9.17, 15) is 4.79 Å². The molecule has 21 heavy (non-hydrogen) atoms. The van der Waals surface area contributed by atoms with Crippen LogP contribution >= 0.6 is 0 Å². The maximum atomic E-state index is 11.1. The van der Waals surface area contributed by atoms with E-state index in [2.05, 4.69) is 9.80 Å². The van der Waals surface area contributed by atoms with Gasteiger partial charge in [-0.3, -0.25) is 4.90 Å². The quantitative estimate of drug-likeness (QED) is 0.923. The van der Waals surface area contributed by atoms with E-state index < -0.39 is 5.97 Å². The first-order valence-electron chi connectivity index (χ1n) is 8.00. The van der Waals surface area contributed by atoms with Gasteiger partial charge in [0.2, 0.25) is 0 Å². The molecule has 2 aliphatic rings. The third-order valence-corrected chi connectivity index (χ3v) is 4.81. The summed E-state index contributed by atoms with van der Waals surface area (Å²) in [5.74, 6) is -0.319. The van der Waals surface area contributed by atoms with Crippen LogP contribution in [0.5, 0.6) is 0 Å². The molecular formula is C16H24N2O3. The summed E-state index contributed by atoms with van der Waals surface area (Å²) in [6, 6.07) is 2.26. The van der Waals surface area contributed by atoms with Gasteiger partial charge in [0.25, 0.3) is 0 Å². The molecule has 1 N–H and O–H groups in total. The molecule has 0 atom stereocenters. The largest absolute Gasteiger partial charge is 0.478 e. The normalized spacial score (nSPS) is 22.5. The Balaban J connectivity index is 1.51. The molecule has 2 fully saturated rings. The number of hydrogen-bond acceptors (Lipinski definition) is 4. The summed E-state index contributed by atoms with van der Waals surface area (Å²) >= 11 is 0. The number of carboxylic acid groups (broad SMARTS) is 1. The second-order valence-corrected chi connectivity index (χ2v) is 6.17. The van der Waals surface area contributed by atoms with Gasteiger partial charge in [-0.25, -0.2) is 4.79 Å². The van der Waals surface area contributed by atoms with Gasteiger partial charge in [0, 0.05) is 19.1 Å². The van der Waals surface area contributed by atoms with Crippen molar-refractivity contribution in [1.82, 2.24) is 9.80 Å². The number of carbonyl (C=O) groups is 1. The molecule has 0 aliphatic carbocycles. The molecule has 2 saturated heterocycles. The fourth-order valence-corrected chi connectivity index (χ4v) is 3.58. The van der Waals surface area contributed by atoms with Gasteiger partial charge >= 0.3 is 5.97 Å². The van der Waals surface area contributed by atoms with E-state index in [0.717, 1.165) is 19.1 Å². The lowest BCUT2D eigenvalue weighted by atomic mass is 10.00. The lowest BCUT2D eigenvalue weighted by Gasteiger charge is -2.40. The van der Waals surface area contributed by atoms with Gasteiger partial charge in [0.05, 0.1) is 12.8 Å². The summed E-state index contributed by atoms with van der Waals surface area (Å²) in [6.45, 7) is 5.18. The number of piperidine rings is 2. The average Bonchev–Trinajstić information content (AvgIpc) is 2.97. The van der Waals surface area contributed by atoms with Gasteiger partial charge in [0.1, 0.15) is 11.3 Å². The van der Waals surface area contributed by atoms with Crippen LogP contribution in [-0.2, 0) is 6.54 Å². The molecule has 3 heterocycles. The van der Waals surface area contributed by atoms with Crippen LogP contribution in [0.4, 0.5) is 0 Å². The Bertz CT molecular complexity index is 472. The first kappa shape index (κ1) is 14.6. The van der Waals surface area contributed by atoms with Crippen LogP contribution in [0.1, 0.15) is 48.2 Å². The Morgan fingerprint density at radius 3 is 2.57 bits per heavy atom. The van der Waals surface area contributed by atoms with Gasteiger partial charge in [-0.2, -0.15) is 0 Å². The number of nitrogens with zero attached hydrogens (tertiary/aromatic N) is 2. The third-order valence-electron chi connectivity index (χ3n) is 4.81. The fourth-order valence-electron chi connectivity index (χ4n) is 3.58. The van der Waals surface area contributed by atoms with Crippen molar-refractivity contribution in [3.63, 3.8) is 0 Å². The van der Waals surface area contributed by atoms with E-state index in [1.807, 2.05) is 0 Å². The van der Waals surface area contributed by atoms with Crippen molar-refractivity contribution in [3.8, 4) is 0 Å². The number of likely N-dealkylation sites (tertiary alicyclic amines) is 2. The van der Waals surface area contributed by atoms with Crippen LogP contribution in [-0.4, -0.2) is 53.1 Å². The van der Waals surface area contributed by atoms with E-state index in [0.29, 0.717) is 17.9 Å². The highest BCUT2D eigenvalue weighted by atomic mass is 16.4. The SMILES string of the molecule is O=C(O)c1ccoc1CN1CCC(N2CCCCC2)CC1. The van der Waals surface area contributed by atoms with Crippen molar-refractivity contribution in [2.75, 3.05) is 26.2 Å². The zero-order valence-electron chi connectivity index (χ0n) is 12.5. The summed E-state index contributed by atoms with van der Waals surface area (Å²) < 4.78 is 5.34. The van der Waals surface area contributed by atoms with E-state index >= 15 is 0 Å². The molecule has 1 aromatic heterocycles. The number of aromatic carboxylic acids is 1. The fraction of sp³-hybridized carbons (Fsp3) is 0.688. The van der Waals surface area contributed by atoms with Crippen molar-refractivity contribution in [3.05, 3.63) is 23.7 Å². The van der Waals surface area contributed by atoms with Crippen LogP contribution in [0, 0.1) is 0 Å². The van der Waals surface area contributed by atoms with E-state index in [1.54, 1.807) is 0 Å². The lowest BCUT2D eigenvalue weighted by molar-refractivity contribution is 0.0686. The Hall–Kier alpha value is -1.33. The Morgan fingerprint density at radius 2 is 1.90 bits per heavy atom. The standard InChI is InChI=1S/C16H24N2O3/c19-16(20)14-6-11-21-15(14)12-17-9-4-13(5-10-17)18-7-2-1-3-8-18/h6,11,13H,1-5,7-10,12H2,(H,19,20). The summed E-state index contributed by atoms with van der Waals surface area (Å²) in [7, 11) is 0. The van der Waals surface area contributed by atoms with Crippen LogP contribution in [0.15, 0.2) is 16.7 Å². The molecule has 0 spiro atoms. The van der Waals surface area contributed by atoms with Crippen LogP contribution in [0.2, 0.25) is 0 Å². The highest BCUT2D eigenvalue weighted by molar-refractivity contribution is 5.88. The molecule has 0 aromatic carbocycles. The second-order valence-electron chi connectivity index (χ2n) is 6.17.